The van der Waals surface area contributed by atoms with Gasteiger partial charge in [-0.25, -0.2) is 9.59 Å². The minimum absolute atomic E-state index is 0.0103. The van der Waals surface area contributed by atoms with Crippen LogP contribution in [0, 0.1) is 17.3 Å². The topological polar surface area (TPSA) is 88.2 Å². The number of ether oxygens (including phenoxy) is 2. The Kier molecular flexibility index (Phi) is 8.21. The summed E-state index contributed by atoms with van der Waals surface area (Å²) in [5.41, 5.74) is 0.370. The molecular formula is C26H35N3O5. The maximum Gasteiger partial charge on any atom is 0.330 e. The number of amides is 3. The number of likely N-dealkylation sites (tertiary alicyclic amines) is 2. The lowest BCUT2D eigenvalue weighted by Crippen LogP contribution is -2.51. The van der Waals surface area contributed by atoms with E-state index >= 15 is 0 Å². The van der Waals surface area contributed by atoms with Gasteiger partial charge in [0, 0.05) is 37.7 Å². The van der Waals surface area contributed by atoms with Gasteiger partial charge in [-0.3, -0.25) is 4.79 Å². The molecule has 8 nitrogen and oxygen atoms in total. The van der Waals surface area contributed by atoms with E-state index in [1.807, 2.05) is 51.1 Å². The molecule has 0 saturated carbocycles. The average Bonchev–Trinajstić information content (AvgIpc) is 3.23. The zero-order valence-corrected chi connectivity index (χ0v) is 20.6. The van der Waals surface area contributed by atoms with Gasteiger partial charge in [0.2, 0.25) is 0 Å². The fourth-order valence-corrected chi connectivity index (χ4v) is 4.31. The Labute approximate surface area is 201 Å². The summed E-state index contributed by atoms with van der Waals surface area (Å²) in [6, 6.07) is 8.30. The molecule has 0 radical (unpaired) electrons. The molecule has 0 aromatic heterocycles. The van der Waals surface area contributed by atoms with Crippen LogP contribution in [0.3, 0.4) is 0 Å². The monoisotopic (exact) mass is 469 g/mol. The third-order valence-corrected chi connectivity index (χ3v) is 6.39. The van der Waals surface area contributed by atoms with E-state index in [1.54, 1.807) is 9.80 Å². The summed E-state index contributed by atoms with van der Waals surface area (Å²) < 4.78 is 10.5. The lowest BCUT2D eigenvalue weighted by Gasteiger charge is -2.38. The number of carbonyl (C=O) groups excluding carboxylic acids is 3. The quantitative estimate of drug-likeness (QED) is 0.541. The van der Waals surface area contributed by atoms with Crippen molar-refractivity contribution >= 4 is 17.9 Å². The van der Waals surface area contributed by atoms with Crippen LogP contribution in [0.25, 0.3) is 0 Å². The molecule has 1 atom stereocenters. The Bertz CT molecular complexity index is 937. The van der Waals surface area contributed by atoms with Crippen molar-refractivity contribution < 1.29 is 23.9 Å². The van der Waals surface area contributed by atoms with Crippen molar-refractivity contribution in [2.24, 2.45) is 5.41 Å². The van der Waals surface area contributed by atoms with Gasteiger partial charge in [0.1, 0.15) is 0 Å². The predicted octanol–water partition coefficient (Wildman–Crippen LogP) is 2.42. The van der Waals surface area contributed by atoms with Gasteiger partial charge in [0.15, 0.2) is 6.04 Å². The lowest BCUT2D eigenvalue weighted by molar-refractivity contribution is -0.146. The smallest absolute Gasteiger partial charge is 0.330 e. The number of esters is 1. The third kappa shape index (κ3) is 6.97. The lowest BCUT2D eigenvalue weighted by atomic mass is 9.78. The van der Waals surface area contributed by atoms with Crippen LogP contribution in [0.5, 0.6) is 0 Å². The number of nitrogens with zero attached hydrogens (tertiary/aromatic N) is 2. The van der Waals surface area contributed by atoms with Crippen LogP contribution in [-0.2, 0) is 19.1 Å². The summed E-state index contributed by atoms with van der Waals surface area (Å²) in [4.78, 5) is 41.1. The van der Waals surface area contributed by atoms with Crippen molar-refractivity contribution in [1.29, 1.82) is 0 Å². The molecule has 3 amide bonds. The van der Waals surface area contributed by atoms with Gasteiger partial charge in [0.25, 0.3) is 5.91 Å². The molecule has 0 bridgehead atoms. The Morgan fingerprint density at radius 3 is 2.26 bits per heavy atom. The van der Waals surface area contributed by atoms with Gasteiger partial charge >= 0.3 is 12.0 Å². The molecule has 0 aliphatic carbocycles. The normalized spacial score (nSPS) is 18.1. The molecule has 2 saturated heterocycles. The number of carbonyl (C=O) groups is 3. The largest absolute Gasteiger partial charge is 0.467 e. The first kappa shape index (κ1) is 25.6. The summed E-state index contributed by atoms with van der Waals surface area (Å²) >= 11 is 0. The molecular weight excluding hydrogens is 434 g/mol. The standard InChI is InChI=1S/C26H35N3O5/c1-25(2,3)34-18-21(23(31)33-4)27-24(32)29-17-14-26(19-29)12-15-28(16-13-26)22(30)11-10-20-8-6-5-7-9-20/h5-9,21H,12-19H2,1-4H3,(H,27,32)/t21-/m0/s1. The predicted molar refractivity (Wildman–Crippen MR) is 128 cm³/mol. The van der Waals surface area contributed by atoms with Gasteiger partial charge in [-0.05, 0) is 57.6 Å². The van der Waals surface area contributed by atoms with E-state index in [9.17, 15) is 14.4 Å². The van der Waals surface area contributed by atoms with E-state index in [2.05, 4.69) is 17.2 Å². The number of hydrogen-bond donors (Lipinski definition) is 1. The summed E-state index contributed by atoms with van der Waals surface area (Å²) in [5, 5.41) is 2.77. The Balaban J connectivity index is 1.51. The molecule has 2 fully saturated rings. The molecule has 8 heteroatoms. The second-order valence-corrected chi connectivity index (χ2v) is 10.0. The Hall–Kier alpha value is -3.05. The summed E-state index contributed by atoms with van der Waals surface area (Å²) in [6.45, 7) is 8.17. The van der Waals surface area contributed by atoms with Crippen LogP contribution in [0.15, 0.2) is 30.3 Å². The Morgan fingerprint density at radius 1 is 1.06 bits per heavy atom. The summed E-state index contributed by atoms with van der Waals surface area (Å²) in [5.74, 6) is 4.97. The van der Waals surface area contributed by atoms with Crippen molar-refractivity contribution in [2.45, 2.75) is 51.7 Å². The molecule has 34 heavy (non-hydrogen) atoms. The zero-order chi connectivity index (χ0) is 24.8. The molecule has 1 N–H and O–H groups in total. The maximum atomic E-state index is 12.9. The van der Waals surface area contributed by atoms with E-state index < -0.39 is 17.6 Å². The number of urea groups is 1. The highest BCUT2D eigenvalue weighted by Gasteiger charge is 2.43. The zero-order valence-electron chi connectivity index (χ0n) is 20.6. The molecule has 2 heterocycles. The van der Waals surface area contributed by atoms with Gasteiger partial charge in [0.05, 0.1) is 19.3 Å². The highest BCUT2D eigenvalue weighted by atomic mass is 16.5. The van der Waals surface area contributed by atoms with Crippen molar-refractivity contribution in [3.8, 4) is 11.8 Å². The molecule has 1 aromatic rings. The third-order valence-electron chi connectivity index (χ3n) is 6.39. The van der Waals surface area contributed by atoms with Crippen molar-refractivity contribution in [1.82, 2.24) is 15.1 Å². The number of piperidine rings is 1. The minimum Gasteiger partial charge on any atom is -0.467 e. The van der Waals surface area contributed by atoms with Crippen LogP contribution in [0.1, 0.15) is 45.6 Å². The minimum atomic E-state index is -0.865. The second kappa shape index (κ2) is 10.9. The number of benzene rings is 1. The molecule has 3 rings (SSSR count). The van der Waals surface area contributed by atoms with Gasteiger partial charge in [-0.1, -0.05) is 24.1 Å². The van der Waals surface area contributed by atoms with E-state index in [1.165, 1.54) is 7.11 Å². The first-order valence-electron chi connectivity index (χ1n) is 11.7. The molecule has 1 spiro atoms. The highest BCUT2D eigenvalue weighted by Crippen LogP contribution is 2.40. The van der Waals surface area contributed by atoms with Crippen LogP contribution in [-0.4, -0.2) is 79.2 Å². The van der Waals surface area contributed by atoms with Crippen molar-refractivity contribution in [3.05, 3.63) is 35.9 Å². The van der Waals surface area contributed by atoms with E-state index in [-0.39, 0.29) is 24.0 Å². The highest BCUT2D eigenvalue weighted by molar-refractivity contribution is 5.94. The van der Waals surface area contributed by atoms with Gasteiger partial charge < -0.3 is 24.6 Å². The fraction of sp³-hybridized carbons (Fsp3) is 0.577. The number of nitrogens with one attached hydrogen (secondary N) is 1. The van der Waals surface area contributed by atoms with E-state index in [0.717, 1.165) is 24.8 Å². The van der Waals surface area contributed by atoms with Crippen molar-refractivity contribution in [3.63, 3.8) is 0 Å². The van der Waals surface area contributed by atoms with Crippen LogP contribution >= 0.6 is 0 Å². The number of rotatable bonds is 4. The summed E-state index contributed by atoms with van der Waals surface area (Å²) in [7, 11) is 1.29. The number of hydrogen-bond acceptors (Lipinski definition) is 5. The number of methoxy groups -OCH3 is 1. The Morgan fingerprint density at radius 2 is 1.68 bits per heavy atom. The van der Waals surface area contributed by atoms with E-state index in [0.29, 0.717) is 26.2 Å². The molecule has 0 unspecified atom stereocenters. The molecule has 1 aromatic carbocycles. The maximum absolute atomic E-state index is 12.9. The van der Waals surface area contributed by atoms with Crippen LogP contribution in [0.2, 0.25) is 0 Å². The van der Waals surface area contributed by atoms with E-state index in [4.69, 9.17) is 9.47 Å². The summed E-state index contributed by atoms with van der Waals surface area (Å²) in [6.07, 6.45) is 2.52. The van der Waals surface area contributed by atoms with Crippen molar-refractivity contribution in [2.75, 3.05) is 39.9 Å². The van der Waals surface area contributed by atoms with Gasteiger partial charge in [-0.15, -0.1) is 0 Å². The first-order chi connectivity index (χ1) is 16.1. The van der Waals surface area contributed by atoms with Crippen LogP contribution < -0.4 is 5.32 Å². The molecule has 2 aliphatic heterocycles. The second-order valence-electron chi connectivity index (χ2n) is 10.0. The molecule has 184 valence electrons. The average molecular weight is 470 g/mol. The molecule has 2 aliphatic rings. The van der Waals surface area contributed by atoms with Gasteiger partial charge in [-0.2, -0.15) is 0 Å². The SMILES string of the molecule is COC(=O)[C@H](COC(C)(C)C)NC(=O)N1CCC2(CCN(C(=O)C#Cc3ccccc3)CC2)C1. The first-order valence-corrected chi connectivity index (χ1v) is 11.7. The van der Waals surface area contributed by atoms with Crippen LogP contribution in [0.4, 0.5) is 4.79 Å². The fourth-order valence-electron chi connectivity index (χ4n) is 4.31.